The predicted molar refractivity (Wildman–Crippen MR) is 160 cm³/mol. The fourth-order valence-corrected chi connectivity index (χ4v) is 8.04. The van der Waals surface area contributed by atoms with Crippen LogP contribution in [-0.4, -0.2) is 107 Å². The van der Waals surface area contributed by atoms with Gasteiger partial charge in [-0.05, 0) is 31.4 Å². The highest BCUT2D eigenvalue weighted by molar-refractivity contribution is 9.09. The summed E-state index contributed by atoms with van der Waals surface area (Å²) in [6.07, 6.45) is 4.31. The first-order valence-corrected chi connectivity index (χ1v) is 15.5. The average Bonchev–Trinajstić information content (AvgIpc) is 3.70. The number of alkyl halides is 1. The Kier molecular flexibility index (Phi) is 8.86. The molecule has 3 aliphatic rings. The number of aliphatic hydroxyl groups excluding tert-OH is 1. The maximum absolute atomic E-state index is 14.7. The van der Waals surface area contributed by atoms with E-state index in [9.17, 15) is 19.5 Å². The van der Waals surface area contributed by atoms with Crippen molar-refractivity contribution in [1.29, 1.82) is 0 Å². The third kappa shape index (κ3) is 4.77. The van der Waals surface area contributed by atoms with Gasteiger partial charge in [-0.3, -0.25) is 14.4 Å². The van der Waals surface area contributed by atoms with Crippen molar-refractivity contribution >= 4 is 44.7 Å². The zero-order valence-corrected chi connectivity index (χ0v) is 25.7. The molecule has 3 saturated heterocycles. The van der Waals surface area contributed by atoms with Crippen LogP contribution >= 0.6 is 15.9 Å². The predicted octanol–water partition coefficient (Wildman–Crippen LogP) is 2.35. The first-order chi connectivity index (χ1) is 20.3. The lowest BCUT2D eigenvalue weighted by molar-refractivity contribution is -0.153. The van der Waals surface area contributed by atoms with Gasteiger partial charge in [0.1, 0.15) is 23.8 Å². The summed E-state index contributed by atoms with van der Waals surface area (Å²) in [5.74, 6) is -2.45. The second kappa shape index (κ2) is 12.3. The molecule has 1 aromatic heterocycles. The van der Waals surface area contributed by atoms with Crippen LogP contribution < -0.4 is 0 Å². The summed E-state index contributed by atoms with van der Waals surface area (Å²) in [5, 5.41) is 18.8. The quantitative estimate of drug-likeness (QED) is 0.263. The number of aliphatic hydroxyl groups is 1. The highest BCUT2D eigenvalue weighted by Crippen LogP contribution is 2.61. The number of aromatic nitrogens is 3. The van der Waals surface area contributed by atoms with Crippen molar-refractivity contribution < 1.29 is 24.2 Å². The average molecular weight is 644 g/mol. The number of hydrogen-bond acceptors (Lipinski definition) is 7. The van der Waals surface area contributed by atoms with Crippen molar-refractivity contribution in [2.45, 2.75) is 68.4 Å². The van der Waals surface area contributed by atoms with E-state index in [0.29, 0.717) is 31.4 Å². The largest absolute Gasteiger partial charge is 0.394 e. The summed E-state index contributed by atoms with van der Waals surface area (Å²) < 4.78 is 8.31. The van der Waals surface area contributed by atoms with E-state index in [-0.39, 0.29) is 42.4 Å². The summed E-state index contributed by atoms with van der Waals surface area (Å²) in [4.78, 5) is 47.7. The van der Waals surface area contributed by atoms with Gasteiger partial charge in [0, 0.05) is 24.5 Å². The molecule has 0 radical (unpaired) electrons. The molecule has 3 unspecified atom stereocenters. The lowest BCUT2D eigenvalue weighted by atomic mass is 9.70. The molecular formula is C30H39BrN6O5. The van der Waals surface area contributed by atoms with Gasteiger partial charge in [0.25, 0.3) is 0 Å². The number of amides is 3. The molecule has 11 nitrogen and oxygen atoms in total. The van der Waals surface area contributed by atoms with Crippen LogP contribution in [0.4, 0.5) is 0 Å². The second-order valence-corrected chi connectivity index (χ2v) is 12.5. The maximum atomic E-state index is 14.7. The smallest absolute Gasteiger partial charge is 0.250 e. The summed E-state index contributed by atoms with van der Waals surface area (Å²) >= 11 is 3.74. The molecule has 5 rings (SSSR count). The van der Waals surface area contributed by atoms with Crippen molar-refractivity contribution in [3.8, 4) is 0 Å². The van der Waals surface area contributed by atoms with E-state index >= 15 is 0 Å². The molecule has 226 valence electrons. The van der Waals surface area contributed by atoms with Gasteiger partial charge in [-0.25, -0.2) is 4.68 Å². The Morgan fingerprint density at radius 1 is 1.21 bits per heavy atom. The molecule has 1 aromatic carbocycles. The zero-order valence-electron chi connectivity index (χ0n) is 24.1. The number of ether oxygens (including phenoxy) is 1. The van der Waals surface area contributed by atoms with Gasteiger partial charge >= 0.3 is 0 Å². The summed E-state index contributed by atoms with van der Waals surface area (Å²) in [6, 6.07) is 5.82. The van der Waals surface area contributed by atoms with E-state index < -0.39 is 35.6 Å². The standard InChI is InChI=1S/C30H39BrN6O5/c1-5-13-34(14-6-2)27(39)23-24-28(40)37(19(8-4)17-38)26(30(24)16-20(31)25(23)42-30)29(41)35(15-7-3)18-36-22-12-10-9-11-21(22)32-33-36/h5,7,9-12,19-20,23-26,38H,1,3,6,8,13-18H2,2,4H3/t19-,20?,23+,24-,25+,26?,30?/m0/s1. The van der Waals surface area contributed by atoms with Crippen LogP contribution in [0.3, 0.4) is 0 Å². The number of rotatable bonds is 13. The van der Waals surface area contributed by atoms with Crippen LogP contribution in [-0.2, 0) is 25.8 Å². The Morgan fingerprint density at radius 2 is 1.93 bits per heavy atom. The molecule has 2 bridgehead atoms. The molecule has 1 spiro atoms. The number of likely N-dealkylation sites (tertiary alicyclic amines) is 1. The van der Waals surface area contributed by atoms with Gasteiger partial charge < -0.3 is 24.5 Å². The van der Waals surface area contributed by atoms with Crippen molar-refractivity contribution in [2.75, 3.05) is 26.2 Å². The van der Waals surface area contributed by atoms with Crippen LogP contribution in [0.1, 0.15) is 33.1 Å². The molecule has 12 heteroatoms. The lowest BCUT2D eigenvalue weighted by Gasteiger charge is -2.39. The number of hydrogen-bond donors (Lipinski definition) is 1. The molecule has 4 heterocycles. The van der Waals surface area contributed by atoms with Gasteiger partial charge in [-0.1, -0.05) is 59.3 Å². The topological polar surface area (TPSA) is 121 Å². The number of para-hydroxylation sites is 1. The number of fused-ring (bicyclic) bond motifs is 2. The highest BCUT2D eigenvalue weighted by atomic mass is 79.9. The van der Waals surface area contributed by atoms with Gasteiger partial charge in [0.2, 0.25) is 17.7 Å². The van der Waals surface area contributed by atoms with E-state index in [1.807, 2.05) is 38.1 Å². The van der Waals surface area contributed by atoms with Crippen LogP contribution in [0.2, 0.25) is 0 Å². The van der Waals surface area contributed by atoms with Gasteiger partial charge in [-0.2, -0.15) is 0 Å². The van der Waals surface area contributed by atoms with Crippen LogP contribution in [0.25, 0.3) is 11.0 Å². The Morgan fingerprint density at radius 3 is 2.60 bits per heavy atom. The molecule has 0 saturated carbocycles. The number of carbonyl (C=O) groups excluding carboxylic acids is 3. The number of carbonyl (C=O) groups is 3. The van der Waals surface area contributed by atoms with Crippen molar-refractivity contribution in [3.05, 3.63) is 49.6 Å². The third-order valence-corrected chi connectivity index (χ3v) is 9.71. The summed E-state index contributed by atoms with van der Waals surface area (Å²) in [5.41, 5.74) is 0.230. The Bertz CT molecular complexity index is 1360. The Balaban J connectivity index is 1.57. The van der Waals surface area contributed by atoms with E-state index in [1.54, 1.807) is 26.6 Å². The Labute approximate surface area is 254 Å². The maximum Gasteiger partial charge on any atom is 0.250 e. The lowest BCUT2D eigenvalue weighted by Crippen LogP contribution is -2.59. The SMILES string of the molecule is C=CCN(Cn1nnc2ccccc21)C(=O)C1N([C@@H](CC)CO)C(=O)[C@@H]2[C@@H](C(=O)N(CC=C)CCC)[C@@H]3OC12CC3Br. The minimum absolute atomic E-state index is 0.0771. The minimum atomic E-state index is -1.23. The Hall–Kier alpha value is -3.09. The molecule has 1 N–H and O–H groups in total. The van der Waals surface area contributed by atoms with Crippen LogP contribution in [0, 0.1) is 11.8 Å². The normalized spacial score (nSPS) is 28.6. The van der Waals surface area contributed by atoms with Gasteiger partial charge in [-0.15, -0.1) is 18.3 Å². The fraction of sp³-hybridized carbons (Fsp3) is 0.567. The summed E-state index contributed by atoms with van der Waals surface area (Å²) in [7, 11) is 0. The molecule has 3 fully saturated rings. The molecule has 2 aromatic rings. The van der Waals surface area contributed by atoms with E-state index in [1.165, 1.54) is 4.90 Å². The first kappa shape index (κ1) is 30.4. The monoisotopic (exact) mass is 642 g/mol. The third-order valence-electron chi connectivity index (χ3n) is 8.86. The van der Waals surface area contributed by atoms with Crippen LogP contribution in [0.15, 0.2) is 49.6 Å². The van der Waals surface area contributed by atoms with E-state index in [0.717, 1.165) is 11.9 Å². The molecule has 3 amide bonds. The second-order valence-electron chi connectivity index (χ2n) is 11.3. The first-order valence-electron chi connectivity index (χ1n) is 14.6. The highest BCUT2D eigenvalue weighted by Gasteiger charge is 2.77. The zero-order chi connectivity index (χ0) is 30.2. The van der Waals surface area contributed by atoms with Crippen molar-refractivity contribution in [2.24, 2.45) is 11.8 Å². The van der Waals surface area contributed by atoms with Crippen LogP contribution in [0.5, 0.6) is 0 Å². The van der Waals surface area contributed by atoms with Gasteiger partial charge in [0.15, 0.2) is 0 Å². The molecule has 0 aliphatic carbocycles. The van der Waals surface area contributed by atoms with Gasteiger partial charge in [0.05, 0.1) is 36.1 Å². The summed E-state index contributed by atoms with van der Waals surface area (Å²) in [6.45, 7) is 12.4. The molecular weight excluding hydrogens is 604 g/mol. The number of benzene rings is 1. The molecule has 42 heavy (non-hydrogen) atoms. The minimum Gasteiger partial charge on any atom is -0.394 e. The number of halogens is 1. The van der Waals surface area contributed by atoms with Crippen molar-refractivity contribution in [1.82, 2.24) is 29.7 Å². The van der Waals surface area contributed by atoms with Crippen molar-refractivity contribution in [3.63, 3.8) is 0 Å². The number of nitrogens with zero attached hydrogens (tertiary/aromatic N) is 6. The molecule has 3 aliphatic heterocycles. The molecule has 7 atom stereocenters. The van der Waals surface area contributed by atoms with E-state index in [2.05, 4.69) is 39.4 Å². The van der Waals surface area contributed by atoms with E-state index in [4.69, 9.17) is 4.74 Å². The fourth-order valence-electron chi connectivity index (χ4n) is 7.09.